The Morgan fingerprint density at radius 1 is 1.23 bits per heavy atom. The van der Waals surface area contributed by atoms with Crippen molar-refractivity contribution in [2.45, 2.75) is 51.1 Å². The summed E-state index contributed by atoms with van der Waals surface area (Å²) in [7, 11) is 0. The maximum Gasteiger partial charge on any atom is 0.251 e. The number of nitrogens with one attached hydrogen (secondary N) is 1. The lowest BCUT2D eigenvalue weighted by molar-refractivity contribution is 0.0933. The molecule has 1 N–H and O–H groups in total. The van der Waals surface area contributed by atoms with Gasteiger partial charge >= 0.3 is 0 Å². The van der Waals surface area contributed by atoms with Crippen molar-refractivity contribution >= 4 is 5.91 Å². The second-order valence-electron chi connectivity index (χ2n) is 5.96. The minimum absolute atomic E-state index is 0.0346. The van der Waals surface area contributed by atoms with Crippen LogP contribution in [0.2, 0.25) is 0 Å². The number of carbonyl (C=O) groups excluding carboxylic acids is 1. The molecule has 0 spiro atoms. The first-order valence-corrected chi connectivity index (χ1v) is 8.03. The Labute approximate surface area is 130 Å². The fourth-order valence-electron chi connectivity index (χ4n) is 3.00. The number of hydrogen-bond acceptors (Lipinski definition) is 3. The van der Waals surface area contributed by atoms with Crippen LogP contribution in [0.4, 0.5) is 0 Å². The lowest BCUT2D eigenvalue weighted by atomic mass is 10.1. The zero-order chi connectivity index (χ0) is 15.2. The SMILES string of the molecule is O=C(NC1CCCCCC1)c1cccc(Cn2cncn2)c1. The Kier molecular flexibility index (Phi) is 4.83. The molecular weight excluding hydrogens is 276 g/mol. The molecule has 0 radical (unpaired) electrons. The Balaban J connectivity index is 1.64. The van der Waals surface area contributed by atoms with Gasteiger partial charge in [-0.15, -0.1) is 0 Å². The largest absolute Gasteiger partial charge is 0.349 e. The average Bonchev–Trinajstić information content (AvgIpc) is 2.90. The predicted molar refractivity (Wildman–Crippen MR) is 84.5 cm³/mol. The molecule has 0 unspecified atom stereocenters. The first kappa shape index (κ1) is 14.8. The number of benzene rings is 1. The van der Waals surface area contributed by atoms with Gasteiger partial charge in [-0.1, -0.05) is 37.8 Å². The van der Waals surface area contributed by atoms with Gasteiger partial charge in [0.1, 0.15) is 12.7 Å². The van der Waals surface area contributed by atoms with E-state index in [0.717, 1.165) is 24.0 Å². The summed E-state index contributed by atoms with van der Waals surface area (Å²) in [6.45, 7) is 0.630. The van der Waals surface area contributed by atoms with Crippen molar-refractivity contribution < 1.29 is 4.79 Å². The second-order valence-corrected chi connectivity index (χ2v) is 5.96. The van der Waals surface area contributed by atoms with Crippen LogP contribution in [-0.2, 0) is 6.54 Å². The molecule has 116 valence electrons. The van der Waals surface area contributed by atoms with Crippen LogP contribution in [0.5, 0.6) is 0 Å². The molecule has 2 aromatic rings. The highest BCUT2D eigenvalue weighted by Gasteiger charge is 2.15. The third kappa shape index (κ3) is 3.93. The summed E-state index contributed by atoms with van der Waals surface area (Å²) >= 11 is 0. The normalized spacial score (nSPS) is 16.2. The molecule has 1 aliphatic rings. The molecule has 1 aromatic heterocycles. The van der Waals surface area contributed by atoms with Gasteiger partial charge < -0.3 is 5.32 Å². The van der Waals surface area contributed by atoms with E-state index in [1.807, 2.05) is 24.3 Å². The summed E-state index contributed by atoms with van der Waals surface area (Å²) in [4.78, 5) is 16.4. The van der Waals surface area contributed by atoms with E-state index >= 15 is 0 Å². The van der Waals surface area contributed by atoms with E-state index in [9.17, 15) is 4.79 Å². The lowest BCUT2D eigenvalue weighted by Gasteiger charge is -2.16. The number of nitrogens with zero attached hydrogens (tertiary/aromatic N) is 3. The van der Waals surface area contributed by atoms with Crippen molar-refractivity contribution in [3.63, 3.8) is 0 Å². The van der Waals surface area contributed by atoms with Crippen molar-refractivity contribution in [3.05, 3.63) is 48.0 Å². The summed E-state index contributed by atoms with van der Waals surface area (Å²) in [6, 6.07) is 8.07. The third-order valence-corrected chi connectivity index (χ3v) is 4.19. The van der Waals surface area contributed by atoms with Crippen LogP contribution in [0.1, 0.15) is 54.4 Å². The van der Waals surface area contributed by atoms with Gasteiger partial charge in [0.25, 0.3) is 5.91 Å². The molecule has 0 aliphatic heterocycles. The fourth-order valence-corrected chi connectivity index (χ4v) is 3.00. The fraction of sp³-hybridized carbons (Fsp3) is 0.471. The molecule has 1 fully saturated rings. The van der Waals surface area contributed by atoms with Gasteiger partial charge in [0, 0.05) is 11.6 Å². The molecule has 5 heteroatoms. The van der Waals surface area contributed by atoms with Crippen LogP contribution in [0.3, 0.4) is 0 Å². The van der Waals surface area contributed by atoms with E-state index in [1.165, 1.54) is 32.0 Å². The monoisotopic (exact) mass is 298 g/mol. The minimum Gasteiger partial charge on any atom is -0.349 e. The van der Waals surface area contributed by atoms with Gasteiger partial charge in [0.15, 0.2) is 0 Å². The number of aromatic nitrogens is 3. The summed E-state index contributed by atoms with van der Waals surface area (Å²) in [5, 5.41) is 7.28. The maximum absolute atomic E-state index is 12.4. The van der Waals surface area contributed by atoms with Crippen LogP contribution in [0.15, 0.2) is 36.9 Å². The molecule has 1 amide bonds. The highest BCUT2D eigenvalue weighted by atomic mass is 16.1. The smallest absolute Gasteiger partial charge is 0.251 e. The van der Waals surface area contributed by atoms with E-state index in [0.29, 0.717) is 12.6 Å². The van der Waals surface area contributed by atoms with E-state index in [4.69, 9.17) is 0 Å². The van der Waals surface area contributed by atoms with Crippen LogP contribution in [0.25, 0.3) is 0 Å². The van der Waals surface area contributed by atoms with Crippen LogP contribution in [0, 0.1) is 0 Å². The molecule has 22 heavy (non-hydrogen) atoms. The summed E-state index contributed by atoms with van der Waals surface area (Å²) in [6.07, 6.45) is 10.4. The zero-order valence-corrected chi connectivity index (χ0v) is 12.7. The standard InChI is InChI=1S/C17H22N4O/c22-17(20-16-8-3-1-2-4-9-16)15-7-5-6-14(10-15)11-21-13-18-12-19-21/h5-7,10,12-13,16H,1-4,8-9,11H2,(H,20,22). The van der Waals surface area contributed by atoms with Crippen LogP contribution in [-0.4, -0.2) is 26.7 Å². The van der Waals surface area contributed by atoms with Crippen LogP contribution < -0.4 is 5.32 Å². The zero-order valence-electron chi connectivity index (χ0n) is 12.7. The number of carbonyl (C=O) groups is 1. The van der Waals surface area contributed by atoms with E-state index in [2.05, 4.69) is 15.4 Å². The Morgan fingerprint density at radius 2 is 2.05 bits per heavy atom. The average molecular weight is 298 g/mol. The summed E-state index contributed by atoms with van der Waals surface area (Å²) < 4.78 is 1.75. The quantitative estimate of drug-likeness (QED) is 0.883. The highest BCUT2D eigenvalue weighted by molar-refractivity contribution is 5.94. The molecule has 1 heterocycles. The van der Waals surface area contributed by atoms with Gasteiger partial charge in [0.05, 0.1) is 6.54 Å². The van der Waals surface area contributed by atoms with Crippen molar-refractivity contribution in [2.24, 2.45) is 0 Å². The Hall–Kier alpha value is -2.17. The molecule has 5 nitrogen and oxygen atoms in total. The second kappa shape index (κ2) is 7.20. The third-order valence-electron chi connectivity index (χ3n) is 4.19. The molecule has 0 bridgehead atoms. The molecule has 1 aliphatic carbocycles. The molecule has 1 aromatic carbocycles. The van der Waals surface area contributed by atoms with E-state index < -0.39 is 0 Å². The minimum atomic E-state index is 0.0346. The van der Waals surface area contributed by atoms with Gasteiger partial charge in [-0.05, 0) is 30.5 Å². The van der Waals surface area contributed by atoms with Gasteiger partial charge in [0.2, 0.25) is 0 Å². The highest BCUT2D eigenvalue weighted by Crippen LogP contribution is 2.18. The van der Waals surface area contributed by atoms with Gasteiger partial charge in [-0.25, -0.2) is 9.67 Å². The van der Waals surface area contributed by atoms with Gasteiger partial charge in [-0.3, -0.25) is 4.79 Å². The Bertz CT molecular complexity index is 601. The lowest BCUT2D eigenvalue weighted by Crippen LogP contribution is -2.34. The topological polar surface area (TPSA) is 59.8 Å². The molecule has 0 saturated heterocycles. The predicted octanol–water partition coefficient (Wildman–Crippen LogP) is 2.78. The number of amides is 1. The van der Waals surface area contributed by atoms with E-state index in [-0.39, 0.29) is 5.91 Å². The molecule has 0 atom stereocenters. The number of hydrogen-bond donors (Lipinski definition) is 1. The molecular formula is C17H22N4O. The van der Waals surface area contributed by atoms with Gasteiger partial charge in [-0.2, -0.15) is 5.10 Å². The number of rotatable bonds is 4. The van der Waals surface area contributed by atoms with Crippen molar-refractivity contribution in [2.75, 3.05) is 0 Å². The summed E-state index contributed by atoms with van der Waals surface area (Å²) in [5.41, 5.74) is 1.78. The van der Waals surface area contributed by atoms with Crippen molar-refractivity contribution in [1.29, 1.82) is 0 Å². The van der Waals surface area contributed by atoms with Crippen molar-refractivity contribution in [1.82, 2.24) is 20.1 Å². The van der Waals surface area contributed by atoms with Crippen LogP contribution >= 0.6 is 0 Å². The summed E-state index contributed by atoms with van der Waals surface area (Å²) in [5.74, 6) is 0.0346. The molecule has 1 saturated carbocycles. The Morgan fingerprint density at radius 3 is 2.77 bits per heavy atom. The van der Waals surface area contributed by atoms with E-state index in [1.54, 1.807) is 11.0 Å². The first-order valence-electron chi connectivity index (χ1n) is 8.03. The van der Waals surface area contributed by atoms with Crippen molar-refractivity contribution in [3.8, 4) is 0 Å². The molecule has 3 rings (SSSR count). The first-order chi connectivity index (χ1) is 10.8. The maximum atomic E-state index is 12.4.